The molecular formula is C15H14N2O2S2. The molecular weight excluding hydrogens is 304 g/mol. The van der Waals surface area contributed by atoms with E-state index >= 15 is 0 Å². The zero-order valence-corrected chi connectivity index (χ0v) is 13.3. The summed E-state index contributed by atoms with van der Waals surface area (Å²) in [5, 5.41) is 0. The standard InChI is InChI=1S/C15H14N2O2S2/c1-17(2)12-16-21(18,19)15-11-10-14(20-15)9-8-13-6-4-3-5-7-13/h3-7,10-12H,1-2H3/b16-12+. The zero-order chi connectivity index (χ0) is 15.3. The van der Waals surface area contributed by atoms with E-state index in [1.54, 1.807) is 25.1 Å². The molecule has 0 saturated carbocycles. The second kappa shape index (κ2) is 6.57. The first kappa shape index (κ1) is 15.3. The Morgan fingerprint density at radius 3 is 2.48 bits per heavy atom. The lowest BCUT2D eigenvalue weighted by molar-refractivity contribution is 0.596. The predicted octanol–water partition coefficient (Wildman–Crippen LogP) is 2.43. The van der Waals surface area contributed by atoms with Crippen molar-refractivity contribution >= 4 is 27.7 Å². The Bertz CT molecular complexity index is 795. The molecule has 0 spiro atoms. The first-order valence-electron chi connectivity index (χ1n) is 6.11. The van der Waals surface area contributed by atoms with Crippen molar-refractivity contribution in [1.82, 2.24) is 4.90 Å². The van der Waals surface area contributed by atoms with Crippen molar-refractivity contribution in [3.8, 4) is 11.8 Å². The fraction of sp³-hybridized carbons (Fsp3) is 0.133. The molecule has 1 heterocycles. The minimum Gasteiger partial charge on any atom is -0.368 e. The van der Waals surface area contributed by atoms with Crippen LogP contribution in [0.25, 0.3) is 0 Å². The predicted molar refractivity (Wildman–Crippen MR) is 86.1 cm³/mol. The highest BCUT2D eigenvalue weighted by Crippen LogP contribution is 2.22. The molecule has 0 aliphatic rings. The number of sulfonamides is 1. The van der Waals surface area contributed by atoms with Gasteiger partial charge in [-0.05, 0) is 24.3 Å². The van der Waals surface area contributed by atoms with Crippen LogP contribution in [-0.2, 0) is 10.0 Å². The summed E-state index contributed by atoms with van der Waals surface area (Å²) in [5.41, 5.74) is 0.890. The molecule has 4 nitrogen and oxygen atoms in total. The molecule has 0 N–H and O–H groups in total. The Balaban J connectivity index is 2.21. The van der Waals surface area contributed by atoms with Crippen LogP contribution in [0.3, 0.4) is 0 Å². The SMILES string of the molecule is CN(C)/C=N/S(=O)(=O)c1ccc(C#Cc2ccccc2)s1. The molecule has 21 heavy (non-hydrogen) atoms. The van der Waals surface area contributed by atoms with Gasteiger partial charge in [-0.1, -0.05) is 30.0 Å². The second-order valence-electron chi connectivity index (χ2n) is 4.39. The van der Waals surface area contributed by atoms with Crippen molar-refractivity contribution in [2.24, 2.45) is 4.40 Å². The van der Waals surface area contributed by atoms with E-state index in [4.69, 9.17) is 0 Å². The van der Waals surface area contributed by atoms with Crippen molar-refractivity contribution in [1.29, 1.82) is 0 Å². The molecule has 0 fully saturated rings. The summed E-state index contributed by atoms with van der Waals surface area (Å²) < 4.78 is 27.7. The topological polar surface area (TPSA) is 49.7 Å². The third kappa shape index (κ3) is 4.45. The Morgan fingerprint density at radius 2 is 1.81 bits per heavy atom. The molecule has 0 atom stereocenters. The normalized spacial score (nSPS) is 11.1. The maximum Gasteiger partial charge on any atom is 0.293 e. The molecule has 2 rings (SSSR count). The van der Waals surface area contributed by atoms with Crippen LogP contribution in [0.4, 0.5) is 0 Å². The van der Waals surface area contributed by atoms with E-state index in [0.29, 0.717) is 4.88 Å². The summed E-state index contributed by atoms with van der Waals surface area (Å²) in [6, 6.07) is 12.8. The number of thiophene rings is 1. The summed E-state index contributed by atoms with van der Waals surface area (Å²) >= 11 is 1.12. The van der Waals surface area contributed by atoms with Gasteiger partial charge in [0.15, 0.2) is 0 Å². The largest absolute Gasteiger partial charge is 0.368 e. The lowest BCUT2D eigenvalue weighted by Gasteiger charge is -2.01. The average molecular weight is 318 g/mol. The van der Waals surface area contributed by atoms with E-state index in [1.807, 2.05) is 30.3 Å². The van der Waals surface area contributed by atoms with E-state index in [1.165, 1.54) is 12.4 Å². The molecule has 0 aliphatic heterocycles. The van der Waals surface area contributed by atoms with Crippen LogP contribution in [0, 0.1) is 11.8 Å². The molecule has 0 bridgehead atoms. The van der Waals surface area contributed by atoms with Crippen LogP contribution in [-0.4, -0.2) is 33.8 Å². The minimum absolute atomic E-state index is 0.193. The third-order valence-electron chi connectivity index (χ3n) is 2.36. The molecule has 6 heteroatoms. The highest BCUT2D eigenvalue weighted by Gasteiger charge is 2.14. The van der Waals surface area contributed by atoms with Gasteiger partial charge in [-0.25, -0.2) is 0 Å². The van der Waals surface area contributed by atoms with Gasteiger partial charge in [-0.2, -0.15) is 8.42 Å². The Morgan fingerprint density at radius 1 is 1.10 bits per heavy atom. The maximum absolute atomic E-state index is 12.0. The first-order chi connectivity index (χ1) is 9.97. The average Bonchev–Trinajstić information content (AvgIpc) is 2.94. The fourth-order valence-corrected chi connectivity index (χ4v) is 3.46. The van der Waals surface area contributed by atoms with E-state index in [9.17, 15) is 8.42 Å². The minimum atomic E-state index is -3.64. The quantitative estimate of drug-likeness (QED) is 0.496. The van der Waals surface area contributed by atoms with Gasteiger partial charge in [0.05, 0.1) is 4.88 Å². The van der Waals surface area contributed by atoms with Gasteiger partial charge in [-0.3, -0.25) is 0 Å². The van der Waals surface area contributed by atoms with Gasteiger partial charge in [0.2, 0.25) is 0 Å². The van der Waals surface area contributed by atoms with E-state index in [0.717, 1.165) is 16.9 Å². The number of nitrogens with zero attached hydrogens (tertiary/aromatic N) is 2. The lowest BCUT2D eigenvalue weighted by atomic mass is 10.2. The van der Waals surface area contributed by atoms with Gasteiger partial charge in [0, 0.05) is 19.7 Å². The number of rotatable bonds is 3. The monoisotopic (exact) mass is 318 g/mol. The highest BCUT2D eigenvalue weighted by atomic mass is 32.2. The first-order valence-corrected chi connectivity index (χ1v) is 8.37. The fourth-order valence-electron chi connectivity index (χ4n) is 1.39. The summed E-state index contributed by atoms with van der Waals surface area (Å²) in [7, 11) is -0.214. The molecule has 2 aromatic rings. The van der Waals surface area contributed by atoms with Crippen LogP contribution in [0.2, 0.25) is 0 Å². The molecule has 108 valence electrons. The van der Waals surface area contributed by atoms with Gasteiger partial charge >= 0.3 is 0 Å². The van der Waals surface area contributed by atoms with Crippen molar-refractivity contribution < 1.29 is 8.42 Å². The number of benzene rings is 1. The van der Waals surface area contributed by atoms with Gasteiger partial charge in [0.25, 0.3) is 10.0 Å². The van der Waals surface area contributed by atoms with E-state index < -0.39 is 10.0 Å². The Hall–Kier alpha value is -2.10. The summed E-state index contributed by atoms with van der Waals surface area (Å²) in [6.45, 7) is 0. The smallest absolute Gasteiger partial charge is 0.293 e. The van der Waals surface area contributed by atoms with Gasteiger partial charge < -0.3 is 4.90 Å². The van der Waals surface area contributed by atoms with Gasteiger partial charge in [-0.15, -0.1) is 15.7 Å². The van der Waals surface area contributed by atoms with Gasteiger partial charge in [0.1, 0.15) is 10.5 Å². The zero-order valence-electron chi connectivity index (χ0n) is 11.6. The summed E-state index contributed by atoms with van der Waals surface area (Å²) in [6.07, 6.45) is 1.27. The van der Waals surface area contributed by atoms with Crippen molar-refractivity contribution in [3.05, 3.63) is 52.9 Å². The number of hydrogen-bond acceptors (Lipinski definition) is 3. The molecule has 1 aromatic carbocycles. The number of hydrogen-bond donors (Lipinski definition) is 0. The Labute approximate surface area is 128 Å². The van der Waals surface area contributed by atoms with Crippen LogP contribution < -0.4 is 0 Å². The maximum atomic E-state index is 12.0. The van der Waals surface area contributed by atoms with E-state index in [2.05, 4.69) is 16.2 Å². The molecule has 0 amide bonds. The Kier molecular flexibility index (Phi) is 4.78. The summed E-state index contributed by atoms with van der Waals surface area (Å²) in [4.78, 5) is 2.26. The molecule has 0 saturated heterocycles. The molecule has 0 unspecified atom stereocenters. The lowest BCUT2D eigenvalue weighted by Crippen LogP contribution is -2.09. The van der Waals surface area contributed by atoms with Crippen molar-refractivity contribution in [3.63, 3.8) is 0 Å². The third-order valence-corrected chi connectivity index (χ3v) is 5.05. The van der Waals surface area contributed by atoms with Crippen molar-refractivity contribution in [2.75, 3.05) is 14.1 Å². The van der Waals surface area contributed by atoms with Crippen molar-refractivity contribution in [2.45, 2.75) is 4.21 Å². The van der Waals surface area contributed by atoms with Crippen LogP contribution in [0.1, 0.15) is 10.4 Å². The molecule has 0 aliphatic carbocycles. The van der Waals surface area contributed by atoms with Crippen LogP contribution in [0.5, 0.6) is 0 Å². The van der Waals surface area contributed by atoms with Crippen LogP contribution >= 0.6 is 11.3 Å². The van der Waals surface area contributed by atoms with E-state index in [-0.39, 0.29) is 4.21 Å². The van der Waals surface area contributed by atoms with Crippen LogP contribution in [0.15, 0.2) is 51.1 Å². The molecule has 0 radical (unpaired) electrons. The second-order valence-corrected chi connectivity index (χ2v) is 7.34. The highest BCUT2D eigenvalue weighted by molar-refractivity contribution is 7.92. The molecule has 1 aromatic heterocycles. The summed E-state index contributed by atoms with van der Waals surface area (Å²) in [5.74, 6) is 5.95.